The number of aliphatic hydroxyl groups is 1. The van der Waals surface area contributed by atoms with Crippen LogP contribution < -0.4 is 14.8 Å². The van der Waals surface area contributed by atoms with E-state index in [1.54, 1.807) is 12.1 Å². The summed E-state index contributed by atoms with van der Waals surface area (Å²) in [5, 5.41) is 13.2. The van der Waals surface area contributed by atoms with Gasteiger partial charge in [-0.25, -0.2) is 0 Å². The monoisotopic (exact) mass is 475 g/mol. The number of halogens is 3. The average molecular weight is 477 g/mol. The zero-order chi connectivity index (χ0) is 19.6. The van der Waals surface area contributed by atoms with E-state index in [1.165, 1.54) is 0 Å². The second-order valence-electron chi connectivity index (χ2n) is 5.98. The standard InChI is InChI=1S/C20H24BrCl2NO3/c1-2-26-19-11-15(12-24-7-3-4-8-25)9-16(21)20(19)27-13-14-5-6-17(22)18(23)10-14/h5-6,9-11,24-25H,2-4,7-8,12-13H2,1H3. The molecule has 0 radical (unpaired) electrons. The second-order valence-corrected chi connectivity index (χ2v) is 7.65. The topological polar surface area (TPSA) is 50.7 Å². The zero-order valence-corrected chi connectivity index (χ0v) is 18.3. The molecule has 0 aliphatic rings. The quantitative estimate of drug-likeness (QED) is 0.414. The lowest BCUT2D eigenvalue weighted by Crippen LogP contribution is -2.15. The molecule has 0 amide bonds. The SMILES string of the molecule is CCOc1cc(CNCCCCO)cc(Br)c1OCc1ccc(Cl)c(Cl)c1. The van der Waals surface area contributed by atoms with Gasteiger partial charge in [0, 0.05) is 13.2 Å². The van der Waals surface area contributed by atoms with Crippen molar-refractivity contribution in [3.8, 4) is 11.5 Å². The van der Waals surface area contributed by atoms with Gasteiger partial charge in [-0.3, -0.25) is 0 Å². The van der Waals surface area contributed by atoms with Crippen LogP contribution in [0.2, 0.25) is 10.0 Å². The molecule has 7 heteroatoms. The van der Waals surface area contributed by atoms with E-state index in [2.05, 4.69) is 21.2 Å². The van der Waals surface area contributed by atoms with Crippen LogP contribution in [0.5, 0.6) is 11.5 Å². The first kappa shape index (κ1) is 22.3. The average Bonchev–Trinajstić information content (AvgIpc) is 2.64. The van der Waals surface area contributed by atoms with E-state index in [-0.39, 0.29) is 6.61 Å². The number of hydrogen-bond donors (Lipinski definition) is 2. The lowest BCUT2D eigenvalue weighted by atomic mass is 10.2. The first-order valence-corrected chi connectivity index (χ1v) is 10.4. The van der Waals surface area contributed by atoms with Gasteiger partial charge in [-0.2, -0.15) is 0 Å². The first-order chi connectivity index (χ1) is 13.0. The summed E-state index contributed by atoms with van der Waals surface area (Å²) in [6, 6.07) is 9.44. The largest absolute Gasteiger partial charge is 0.490 e. The highest BCUT2D eigenvalue weighted by Crippen LogP contribution is 2.37. The van der Waals surface area contributed by atoms with E-state index in [0.717, 1.165) is 41.5 Å². The van der Waals surface area contributed by atoms with Crippen molar-refractivity contribution in [1.82, 2.24) is 5.32 Å². The Kier molecular flexibility index (Phi) is 9.73. The van der Waals surface area contributed by atoms with E-state index >= 15 is 0 Å². The maximum Gasteiger partial charge on any atom is 0.175 e. The predicted molar refractivity (Wildman–Crippen MR) is 114 cm³/mol. The number of unbranched alkanes of at least 4 members (excludes halogenated alkanes) is 1. The van der Waals surface area contributed by atoms with Crippen LogP contribution in [0.1, 0.15) is 30.9 Å². The smallest absolute Gasteiger partial charge is 0.175 e. The third-order valence-corrected chi connectivity index (χ3v) is 5.16. The minimum atomic E-state index is 0.229. The van der Waals surface area contributed by atoms with Gasteiger partial charge in [0.15, 0.2) is 11.5 Å². The summed E-state index contributed by atoms with van der Waals surface area (Å²) in [4.78, 5) is 0. The molecule has 148 valence electrons. The zero-order valence-electron chi connectivity index (χ0n) is 15.2. The molecule has 27 heavy (non-hydrogen) atoms. The molecule has 0 unspecified atom stereocenters. The molecule has 0 aliphatic heterocycles. The molecule has 2 aromatic carbocycles. The van der Waals surface area contributed by atoms with Gasteiger partial charge in [0.2, 0.25) is 0 Å². The van der Waals surface area contributed by atoms with Crippen LogP contribution >= 0.6 is 39.1 Å². The molecule has 0 fully saturated rings. The van der Waals surface area contributed by atoms with Crippen LogP contribution in [-0.2, 0) is 13.2 Å². The first-order valence-electron chi connectivity index (χ1n) is 8.88. The highest BCUT2D eigenvalue weighted by molar-refractivity contribution is 9.10. The summed E-state index contributed by atoms with van der Waals surface area (Å²) < 4.78 is 12.6. The number of benzene rings is 2. The van der Waals surface area contributed by atoms with Crippen LogP contribution in [0.3, 0.4) is 0 Å². The highest BCUT2D eigenvalue weighted by Gasteiger charge is 2.13. The van der Waals surface area contributed by atoms with Crippen LogP contribution in [-0.4, -0.2) is 24.9 Å². The fourth-order valence-electron chi connectivity index (χ4n) is 2.51. The number of aliphatic hydroxyl groups excluding tert-OH is 1. The third kappa shape index (κ3) is 7.16. The fourth-order valence-corrected chi connectivity index (χ4v) is 3.43. The van der Waals surface area contributed by atoms with Crippen LogP contribution in [0.4, 0.5) is 0 Å². The van der Waals surface area contributed by atoms with Gasteiger partial charge in [0.05, 0.1) is 21.1 Å². The van der Waals surface area contributed by atoms with Gasteiger partial charge in [-0.15, -0.1) is 0 Å². The Bertz CT molecular complexity index is 743. The van der Waals surface area contributed by atoms with Gasteiger partial charge >= 0.3 is 0 Å². The Labute approximate surface area is 178 Å². The van der Waals surface area contributed by atoms with Gasteiger partial charge in [0.1, 0.15) is 6.61 Å². The van der Waals surface area contributed by atoms with E-state index in [0.29, 0.717) is 34.8 Å². The van der Waals surface area contributed by atoms with Crippen molar-refractivity contribution >= 4 is 39.1 Å². The van der Waals surface area contributed by atoms with Gasteiger partial charge in [-0.05, 0) is 77.6 Å². The van der Waals surface area contributed by atoms with Crippen molar-refractivity contribution in [3.63, 3.8) is 0 Å². The predicted octanol–water partition coefficient (Wildman–Crippen LogP) is 5.60. The second kappa shape index (κ2) is 11.8. The molecule has 0 aliphatic carbocycles. The minimum Gasteiger partial charge on any atom is -0.490 e. The van der Waals surface area contributed by atoms with Crippen molar-refractivity contribution in [2.75, 3.05) is 19.8 Å². The summed E-state index contributed by atoms with van der Waals surface area (Å²) in [6.07, 6.45) is 1.75. The van der Waals surface area contributed by atoms with Crippen LogP contribution in [0.15, 0.2) is 34.8 Å². The molecular formula is C20H24BrCl2NO3. The lowest BCUT2D eigenvalue weighted by Gasteiger charge is -2.16. The Morgan fingerprint density at radius 2 is 1.85 bits per heavy atom. The molecule has 2 aromatic rings. The molecule has 0 heterocycles. The van der Waals surface area contributed by atoms with E-state index in [1.807, 2.05) is 25.1 Å². The van der Waals surface area contributed by atoms with Crippen molar-refractivity contribution in [1.29, 1.82) is 0 Å². The van der Waals surface area contributed by atoms with Gasteiger partial charge < -0.3 is 19.9 Å². The molecule has 4 nitrogen and oxygen atoms in total. The Morgan fingerprint density at radius 3 is 2.56 bits per heavy atom. The van der Waals surface area contributed by atoms with Crippen LogP contribution in [0, 0.1) is 0 Å². The summed E-state index contributed by atoms with van der Waals surface area (Å²) in [5.41, 5.74) is 2.02. The maximum absolute atomic E-state index is 8.83. The molecule has 0 saturated carbocycles. The summed E-state index contributed by atoms with van der Waals surface area (Å²) in [6.45, 7) is 4.65. The van der Waals surface area contributed by atoms with Crippen molar-refractivity contribution in [3.05, 3.63) is 56.0 Å². The summed E-state index contributed by atoms with van der Waals surface area (Å²) in [7, 11) is 0. The number of nitrogens with one attached hydrogen (secondary N) is 1. The highest BCUT2D eigenvalue weighted by atomic mass is 79.9. The normalized spacial score (nSPS) is 10.9. The van der Waals surface area contributed by atoms with Crippen molar-refractivity contribution < 1.29 is 14.6 Å². The number of ether oxygens (including phenoxy) is 2. The van der Waals surface area contributed by atoms with E-state index in [4.69, 9.17) is 37.8 Å². The summed E-state index contributed by atoms with van der Waals surface area (Å²) >= 11 is 15.6. The molecule has 0 spiro atoms. The Hall–Kier alpha value is -0.980. The Morgan fingerprint density at radius 1 is 1.04 bits per heavy atom. The van der Waals surface area contributed by atoms with E-state index in [9.17, 15) is 0 Å². The third-order valence-electron chi connectivity index (χ3n) is 3.83. The fraction of sp³-hybridized carbons (Fsp3) is 0.400. The van der Waals surface area contributed by atoms with E-state index < -0.39 is 0 Å². The van der Waals surface area contributed by atoms with Gasteiger partial charge in [0.25, 0.3) is 0 Å². The number of hydrogen-bond acceptors (Lipinski definition) is 4. The maximum atomic E-state index is 8.83. The molecule has 2 N–H and O–H groups in total. The molecular weight excluding hydrogens is 453 g/mol. The molecule has 0 bridgehead atoms. The Balaban J connectivity index is 2.06. The lowest BCUT2D eigenvalue weighted by molar-refractivity contribution is 0.267. The summed E-state index contributed by atoms with van der Waals surface area (Å²) in [5.74, 6) is 1.35. The molecule has 0 aromatic heterocycles. The number of rotatable bonds is 11. The van der Waals surface area contributed by atoms with Crippen LogP contribution in [0.25, 0.3) is 0 Å². The molecule has 0 atom stereocenters. The molecule has 2 rings (SSSR count). The van der Waals surface area contributed by atoms with Gasteiger partial charge in [-0.1, -0.05) is 29.3 Å². The van der Waals surface area contributed by atoms with Crippen molar-refractivity contribution in [2.24, 2.45) is 0 Å². The van der Waals surface area contributed by atoms with Crippen molar-refractivity contribution in [2.45, 2.75) is 32.9 Å². The minimum absolute atomic E-state index is 0.229. The molecule has 0 saturated heterocycles.